The van der Waals surface area contributed by atoms with Gasteiger partial charge < -0.3 is 14.5 Å². The molecule has 2 fully saturated rings. The summed E-state index contributed by atoms with van der Waals surface area (Å²) in [5.41, 5.74) is 1.18. The first-order valence-corrected chi connectivity index (χ1v) is 9.17. The molecule has 0 radical (unpaired) electrons. The van der Waals surface area contributed by atoms with Gasteiger partial charge in [0.1, 0.15) is 11.6 Å². The Labute approximate surface area is 157 Å². The molecule has 1 aromatic carbocycles. The van der Waals surface area contributed by atoms with Gasteiger partial charge in [0.15, 0.2) is 0 Å². The molecule has 7 heteroatoms. The number of methoxy groups -OCH3 is 1. The van der Waals surface area contributed by atoms with Crippen molar-refractivity contribution in [2.24, 2.45) is 0 Å². The number of halogens is 2. The Morgan fingerprint density at radius 2 is 1.78 bits per heavy atom. The van der Waals surface area contributed by atoms with Gasteiger partial charge in [0, 0.05) is 44.9 Å². The number of amides is 2. The maximum atomic E-state index is 14.0. The number of nitrogens with zero attached hydrogens (tertiary/aromatic N) is 3. The summed E-state index contributed by atoms with van der Waals surface area (Å²) in [7, 11) is 1.69. The van der Waals surface area contributed by atoms with Crippen molar-refractivity contribution >= 4 is 11.6 Å². The van der Waals surface area contributed by atoms with Crippen LogP contribution in [-0.4, -0.2) is 55.2 Å². The maximum absolute atomic E-state index is 14.0. The zero-order valence-corrected chi connectivity index (χ0v) is 15.4. The summed E-state index contributed by atoms with van der Waals surface area (Å²) in [5, 5.41) is 9.48. The minimum absolute atomic E-state index is 0.00933. The molecule has 0 aromatic heterocycles. The summed E-state index contributed by atoms with van der Waals surface area (Å²) in [5.74, 6) is -1.41. The van der Waals surface area contributed by atoms with Crippen LogP contribution in [0.25, 0.3) is 5.57 Å². The molecule has 2 heterocycles. The van der Waals surface area contributed by atoms with Gasteiger partial charge in [0.25, 0.3) is 0 Å². The first kappa shape index (κ1) is 19.3. The van der Waals surface area contributed by atoms with E-state index in [1.807, 2.05) is 4.90 Å². The molecule has 2 saturated heterocycles. The van der Waals surface area contributed by atoms with Crippen molar-refractivity contribution in [2.45, 2.75) is 31.8 Å². The lowest BCUT2D eigenvalue weighted by molar-refractivity contribution is 0.0441. The highest BCUT2D eigenvalue weighted by Crippen LogP contribution is 2.29. The second-order valence-electron chi connectivity index (χ2n) is 6.91. The third kappa shape index (κ3) is 4.28. The van der Waals surface area contributed by atoms with E-state index >= 15 is 0 Å². The molecule has 27 heavy (non-hydrogen) atoms. The van der Waals surface area contributed by atoms with Crippen LogP contribution in [0.15, 0.2) is 23.8 Å². The van der Waals surface area contributed by atoms with Gasteiger partial charge >= 0.3 is 6.03 Å². The fourth-order valence-electron chi connectivity index (χ4n) is 3.72. The smallest absolute Gasteiger partial charge is 0.320 e. The summed E-state index contributed by atoms with van der Waals surface area (Å²) in [4.78, 5) is 16.3. The van der Waals surface area contributed by atoms with Crippen molar-refractivity contribution in [3.63, 3.8) is 0 Å². The lowest BCUT2D eigenvalue weighted by atomic mass is 9.93. The van der Waals surface area contributed by atoms with Gasteiger partial charge in [-0.2, -0.15) is 5.26 Å². The van der Waals surface area contributed by atoms with Crippen molar-refractivity contribution in [2.75, 3.05) is 33.3 Å². The van der Waals surface area contributed by atoms with Crippen molar-refractivity contribution in [3.8, 4) is 6.07 Å². The number of allylic oxidation sites excluding steroid dienone is 1. The minimum atomic E-state index is -0.737. The molecule has 5 nitrogen and oxygen atoms in total. The highest BCUT2D eigenvalue weighted by atomic mass is 19.1. The normalized spacial score (nSPS) is 18.4. The third-order valence-corrected chi connectivity index (χ3v) is 5.35. The van der Waals surface area contributed by atoms with E-state index in [4.69, 9.17) is 4.74 Å². The largest absolute Gasteiger partial charge is 0.381 e. The molecule has 0 aliphatic carbocycles. The summed E-state index contributed by atoms with van der Waals surface area (Å²) < 4.78 is 32.5. The van der Waals surface area contributed by atoms with Crippen molar-refractivity contribution in [1.29, 1.82) is 5.26 Å². The van der Waals surface area contributed by atoms with E-state index in [0.717, 1.165) is 30.5 Å². The Balaban J connectivity index is 1.66. The van der Waals surface area contributed by atoms with E-state index < -0.39 is 11.6 Å². The predicted molar refractivity (Wildman–Crippen MR) is 96.7 cm³/mol. The van der Waals surface area contributed by atoms with Crippen LogP contribution >= 0.6 is 0 Å². The van der Waals surface area contributed by atoms with Crippen LogP contribution in [-0.2, 0) is 4.74 Å². The monoisotopic (exact) mass is 375 g/mol. The molecule has 0 saturated carbocycles. The van der Waals surface area contributed by atoms with Gasteiger partial charge in [-0.25, -0.2) is 13.6 Å². The minimum Gasteiger partial charge on any atom is -0.381 e. The predicted octanol–water partition coefficient (Wildman–Crippen LogP) is 3.57. The Morgan fingerprint density at radius 3 is 2.33 bits per heavy atom. The number of urea groups is 1. The average molecular weight is 375 g/mol. The highest BCUT2D eigenvalue weighted by molar-refractivity contribution is 5.80. The number of nitriles is 1. The number of hydrogen-bond acceptors (Lipinski definition) is 3. The average Bonchev–Trinajstić information content (AvgIpc) is 2.70. The SMILES string of the molecule is COC1CCN(C(=O)N2CCC(=C(C#N)c3ccc(F)cc3F)CC2)CC1. The molecule has 0 atom stereocenters. The van der Waals surface area contributed by atoms with Gasteiger partial charge in [0.2, 0.25) is 0 Å². The molecule has 0 N–H and O–H groups in total. The van der Waals surface area contributed by atoms with Gasteiger partial charge in [-0.3, -0.25) is 0 Å². The second-order valence-corrected chi connectivity index (χ2v) is 6.91. The van der Waals surface area contributed by atoms with Crippen LogP contribution < -0.4 is 0 Å². The molecule has 0 spiro atoms. The van der Waals surface area contributed by atoms with Crippen molar-refractivity contribution in [1.82, 2.24) is 9.80 Å². The molecule has 1 aromatic rings. The summed E-state index contributed by atoms with van der Waals surface area (Å²) in [6.07, 6.45) is 2.92. The summed E-state index contributed by atoms with van der Waals surface area (Å²) >= 11 is 0. The number of carbonyl (C=O) groups is 1. The van der Waals surface area contributed by atoms with Gasteiger partial charge in [-0.15, -0.1) is 0 Å². The zero-order chi connectivity index (χ0) is 19.4. The number of piperidine rings is 2. The summed E-state index contributed by atoms with van der Waals surface area (Å²) in [6.45, 7) is 2.35. The topological polar surface area (TPSA) is 56.6 Å². The van der Waals surface area contributed by atoms with Gasteiger partial charge in [0.05, 0.1) is 17.7 Å². The van der Waals surface area contributed by atoms with Crippen molar-refractivity contribution < 1.29 is 18.3 Å². The van der Waals surface area contributed by atoms with E-state index in [1.165, 1.54) is 6.07 Å². The van der Waals surface area contributed by atoms with Crippen LogP contribution in [0.3, 0.4) is 0 Å². The molecule has 0 bridgehead atoms. The second kappa shape index (κ2) is 8.49. The first-order chi connectivity index (χ1) is 13.0. The van der Waals surface area contributed by atoms with E-state index in [1.54, 1.807) is 12.0 Å². The molecular weight excluding hydrogens is 352 g/mol. The quantitative estimate of drug-likeness (QED) is 0.743. The van der Waals surface area contributed by atoms with Crippen LogP contribution in [0.5, 0.6) is 0 Å². The number of benzene rings is 1. The Hall–Kier alpha value is -2.46. The molecule has 3 rings (SSSR count). The standard InChI is InChI=1S/C20H23F2N3O2/c1-27-16-6-10-25(11-7-16)20(26)24-8-4-14(5-9-24)18(13-23)17-3-2-15(21)12-19(17)22/h2-3,12,16H,4-11H2,1H3. The fraction of sp³-hybridized carbons (Fsp3) is 0.500. The highest BCUT2D eigenvalue weighted by Gasteiger charge is 2.28. The van der Waals surface area contributed by atoms with Crippen LogP contribution in [0.4, 0.5) is 13.6 Å². The number of rotatable bonds is 2. The first-order valence-electron chi connectivity index (χ1n) is 9.17. The zero-order valence-electron chi connectivity index (χ0n) is 15.4. The number of carbonyl (C=O) groups excluding carboxylic acids is 1. The number of hydrogen-bond donors (Lipinski definition) is 0. The van der Waals surface area contributed by atoms with Crippen LogP contribution in [0.1, 0.15) is 31.2 Å². The van der Waals surface area contributed by atoms with Crippen LogP contribution in [0, 0.1) is 23.0 Å². The molecule has 2 amide bonds. The van der Waals surface area contributed by atoms with Crippen LogP contribution in [0.2, 0.25) is 0 Å². The molecule has 2 aliphatic rings. The lowest BCUT2D eigenvalue weighted by Gasteiger charge is -2.37. The number of ether oxygens (including phenoxy) is 1. The van der Waals surface area contributed by atoms with Gasteiger partial charge in [-0.05, 0) is 43.4 Å². The lowest BCUT2D eigenvalue weighted by Crippen LogP contribution is -2.49. The molecular formula is C20H23F2N3O2. The van der Waals surface area contributed by atoms with E-state index in [2.05, 4.69) is 6.07 Å². The third-order valence-electron chi connectivity index (χ3n) is 5.35. The van der Waals surface area contributed by atoms with Crippen molar-refractivity contribution in [3.05, 3.63) is 41.0 Å². The number of likely N-dealkylation sites (tertiary alicyclic amines) is 2. The van der Waals surface area contributed by atoms with Gasteiger partial charge in [-0.1, -0.05) is 0 Å². The maximum Gasteiger partial charge on any atom is 0.320 e. The Bertz CT molecular complexity index is 770. The fourth-order valence-corrected chi connectivity index (χ4v) is 3.72. The summed E-state index contributed by atoms with van der Waals surface area (Å²) in [6, 6.07) is 5.30. The Morgan fingerprint density at radius 1 is 1.15 bits per heavy atom. The van der Waals surface area contributed by atoms with E-state index in [9.17, 15) is 18.8 Å². The molecule has 144 valence electrons. The van der Waals surface area contributed by atoms with E-state index in [-0.39, 0.29) is 23.3 Å². The Kier molecular flexibility index (Phi) is 6.07. The van der Waals surface area contributed by atoms with E-state index in [0.29, 0.717) is 39.0 Å². The molecule has 2 aliphatic heterocycles. The molecule has 0 unspecified atom stereocenters.